The quantitative estimate of drug-likeness (QED) is 0.554. The van der Waals surface area contributed by atoms with E-state index in [9.17, 15) is 17.6 Å². The SMILES string of the molecule is Cc1ccc(C(=O)N[C@@H](C)c2ccc(F)cc2)cc1NS(=O)(=O)c1ccc(Cl)cc1. The molecule has 2 N–H and O–H groups in total. The maximum Gasteiger partial charge on any atom is 0.261 e. The molecule has 0 saturated heterocycles. The lowest BCUT2D eigenvalue weighted by Crippen LogP contribution is -2.26. The van der Waals surface area contributed by atoms with Gasteiger partial charge >= 0.3 is 0 Å². The van der Waals surface area contributed by atoms with Crippen LogP contribution in [0.2, 0.25) is 5.02 Å². The number of sulfonamides is 1. The molecule has 0 unspecified atom stereocenters. The third-order valence-corrected chi connectivity index (χ3v) is 6.22. The largest absolute Gasteiger partial charge is 0.346 e. The van der Waals surface area contributed by atoms with Crippen LogP contribution in [0, 0.1) is 12.7 Å². The summed E-state index contributed by atoms with van der Waals surface area (Å²) in [5, 5.41) is 3.26. The molecule has 3 aromatic carbocycles. The Morgan fingerprint density at radius 2 is 1.63 bits per heavy atom. The zero-order valence-electron chi connectivity index (χ0n) is 16.3. The molecule has 0 aromatic heterocycles. The molecule has 30 heavy (non-hydrogen) atoms. The predicted molar refractivity (Wildman–Crippen MR) is 116 cm³/mol. The molecule has 5 nitrogen and oxygen atoms in total. The molecule has 156 valence electrons. The number of carbonyl (C=O) groups is 1. The molecule has 0 fully saturated rings. The molecule has 8 heteroatoms. The molecule has 0 saturated carbocycles. The van der Waals surface area contributed by atoms with Crippen molar-refractivity contribution in [3.8, 4) is 0 Å². The number of carbonyl (C=O) groups excluding carboxylic acids is 1. The number of halogens is 2. The van der Waals surface area contributed by atoms with E-state index in [1.165, 1.54) is 42.5 Å². The first-order chi connectivity index (χ1) is 14.2. The zero-order valence-corrected chi connectivity index (χ0v) is 17.9. The van der Waals surface area contributed by atoms with E-state index in [2.05, 4.69) is 10.0 Å². The fraction of sp³-hybridized carbons (Fsp3) is 0.136. The van der Waals surface area contributed by atoms with Crippen molar-refractivity contribution >= 4 is 33.2 Å². The van der Waals surface area contributed by atoms with Gasteiger partial charge in [0.1, 0.15) is 5.82 Å². The summed E-state index contributed by atoms with van der Waals surface area (Å²) >= 11 is 5.82. The smallest absolute Gasteiger partial charge is 0.261 e. The lowest BCUT2D eigenvalue weighted by molar-refractivity contribution is 0.0940. The van der Waals surface area contributed by atoms with Gasteiger partial charge in [-0.05, 0) is 73.5 Å². The van der Waals surface area contributed by atoms with E-state index in [-0.39, 0.29) is 22.7 Å². The maximum atomic E-state index is 13.1. The van der Waals surface area contributed by atoms with Gasteiger partial charge in [-0.25, -0.2) is 12.8 Å². The highest BCUT2D eigenvalue weighted by molar-refractivity contribution is 7.92. The van der Waals surface area contributed by atoms with Crippen molar-refractivity contribution in [3.05, 3.63) is 94.3 Å². The monoisotopic (exact) mass is 446 g/mol. The number of hydrogen-bond acceptors (Lipinski definition) is 3. The number of anilines is 1. The van der Waals surface area contributed by atoms with Crippen LogP contribution in [0.15, 0.2) is 71.6 Å². The van der Waals surface area contributed by atoms with E-state index in [0.717, 1.165) is 5.56 Å². The molecule has 0 aliphatic rings. The molecular weight excluding hydrogens is 427 g/mol. The van der Waals surface area contributed by atoms with Crippen LogP contribution in [0.3, 0.4) is 0 Å². The minimum absolute atomic E-state index is 0.0612. The minimum Gasteiger partial charge on any atom is -0.346 e. The minimum atomic E-state index is -3.84. The van der Waals surface area contributed by atoms with E-state index in [1.807, 2.05) is 0 Å². The van der Waals surface area contributed by atoms with Crippen molar-refractivity contribution in [2.24, 2.45) is 0 Å². The van der Waals surface area contributed by atoms with Crippen LogP contribution >= 0.6 is 11.6 Å². The molecular formula is C22H20ClFN2O3S. The van der Waals surface area contributed by atoms with Gasteiger partial charge in [-0.2, -0.15) is 0 Å². The van der Waals surface area contributed by atoms with Crippen LogP contribution < -0.4 is 10.0 Å². The van der Waals surface area contributed by atoms with Gasteiger partial charge in [0.15, 0.2) is 0 Å². The summed E-state index contributed by atoms with van der Waals surface area (Å²) in [6, 6.07) is 16.0. The summed E-state index contributed by atoms with van der Waals surface area (Å²) in [4.78, 5) is 12.7. The van der Waals surface area contributed by atoms with Crippen molar-refractivity contribution in [2.45, 2.75) is 24.8 Å². The summed E-state index contributed by atoms with van der Waals surface area (Å²) in [7, 11) is -3.84. The highest BCUT2D eigenvalue weighted by Gasteiger charge is 2.17. The van der Waals surface area contributed by atoms with Gasteiger partial charge in [0, 0.05) is 10.6 Å². The third-order valence-electron chi connectivity index (χ3n) is 4.59. The molecule has 0 spiro atoms. The zero-order chi connectivity index (χ0) is 21.9. The first kappa shape index (κ1) is 21.8. The van der Waals surface area contributed by atoms with Crippen LogP contribution in [0.25, 0.3) is 0 Å². The number of aryl methyl sites for hydroxylation is 1. The Kier molecular flexibility index (Phi) is 6.43. The Bertz CT molecular complexity index is 1160. The average Bonchev–Trinajstić information content (AvgIpc) is 2.70. The molecule has 0 heterocycles. The Morgan fingerprint density at radius 3 is 2.27 bits per heavy atom. The number of rotatable bonds is 6. The molecule has 1 amide bonds. The second kappa shape index (κ2) is 8.85. The van der Waals surface area contributed by atoms with E-state index >= 15 is 0 Å². The molecule has 0 bridgehead atoms. The number of nitrogens with one attached hydrogen (secondary N) is 2. The third kappa shape index (κ3) is 5.17. The lowest BCUT2D eigenvalue weighted by atomic mass is 10.1. The number of hydrogen-bond donors (Lipinski definition) is 2. The molecule has 1 atom stereocenters. The second-order valence-corrected chi connectivity index (χ2v) is 8.95. The van der Waals surface area contributed by atoms with Crippen molar-refractivity contribution in [2.75, 3.05) is 4.72 Å². The summed E-state index contributed by atoms with van der Waals surface area (Å²) < 4.78 is 40.9. The topological polar surface area (TPSA) is 75.3 Å². The van der Waals surface area contributed by atoms with Gasteiger partial charge in [0.05, 0.1) is 16.6 Å². The Labute approximate surface area is 179 Å². The van der Waals surface area contributed by atoms with E-state index in [1.54, 1.807) is 38.1 Å². The fourth-order valence-electron chi connectivity index (χ4n) is 2.81. The predicted octanol–water partition coefficient (Wildman–Crippen LogP) is 5.08. The first-order valence-corrected chi connectivity index (χ1v) is 11.0. The van der Waals surface area contributed by atoms with E-state index in [0.29, 0.717) is 21.8 Å². The van der Waals surface area contributed by atoms with Crippen molar-refractivity contribution < 1.29 is 17.6 Å². The van der Waals surface area contributed by atoms with Crippen LogP contribution in [0.5, 0.6) is 0 Å². The van der Waals surface area contributed by atoms with E-state index in [4.69, 9.17) is 11.6 Å². The summed E-state index contributed by atoms with van der Waals surface area (Å²) in [5.41, 5.74) is 2.01. The highest BCUT2D eigenvalue weighted by atomic mass is 35.5. The van der Waals surface area contributed by atoms with Crippen LogP contribution in [0.1, 0.15) is 34.5 Å². The molecule has 0 aliphatic heterocycles. The standard InChI is InChI=1S/C22H20ClFN2O3S/c1-14-3-4-17(22(27)25-15(2)16-5-9-19(24)10-6-16)13-21(14)26-30(28,29)20-11-7-18(23)8-12-20/h3-13,15,26H,1-2H3,(H,25,27)/t15-/m0/s1. The lowest BCUT2D eigenvalue weighted by Gasteiger charge is -2.16. The average molecular weight is 447 g/mol. The maximum absolute atomic E-state index is 13.1. The van der Waals surface area contributed by atoms with Crippen LogP contribution in [0.4, 0.5) is 10.1 Å². The molecule has 0 aliphatic carbocycles. The van der Waals surface area contributed by atoms with Crippen molar-refractivity contribution in [3.63, 3.8) is 0 Å². The van der Waals surface area contributed by atoms with E-state index < -0.39 is 10.0 Å². The summed E-state index contributed by atoms with van der Waals surface area (Å²) in [5.74, 6) is -0.729. The molecule has 3 rings (SSSR count). The second-order valence-electron chi connectivity index (χ2n) is 6.84. The Balaban J connectivity index is 1.79. The van der Waals surface area contributed by atoms with Gasteiger partial charge in [-0.1, -0.05) is 29.8 Å². The van der Waals surface area contributed by atoms with Crippen molar-refractivity contribution in [1.82, 2.24) is 5.32 Å². The van der Waals surface area contributed by atoms with Gasteiger partial charge in [0.25, 0.3) is 15.9 Å². The first-order valence-electron chi connectivity index (χ1n) is 9.11. The van der Waals surface area contributed by atoms with Crippen LogP contribution in [-0.2, 0) is 10.0 Å². The van der Waals surface area contributed by atoms with Crippen LogP contribution in [-0.4, -0.2) is 14.3 Å². The Morgan fingerprint density at radius 1 is 1.00 bits per heavy atom. The fourth-order valence-corrected chi connectivity index (χ4v) is 4.05. The molecule has 0 radical (unpaired) electrons. The molecule has 3 aromatic rings. The van der Waals surface area contributed by atoms with Crippen molar-refractivity contribution in [1.29, 1.82) is 0 Å². The summed E-state index contributed by atoms with van der Waals surface area (Å²) in [6.07, 6.45) is 0. The normalized spacial score (nSPS) is 12.3. The van der Waals surface area contributed by atoms with Gasteiger partial charge < -0.3 is 5.32 Å². The highest BCUT2D eigenvalue weighted by Crippen LogP contribution is 2.23. The van der Waals surface area contributed by atoms with Gasteiger partial charge in [-0.15, -0.1) is 0 Å². The number of amides is 1. The van der Waals surface area contributed by atoms with Gasteiger partial charge in [-0.3, -0.25) is 9.52 Å². The van der Waals surface area contributed by atoms with Gasteiger partial charge in [0.2, 0.25) is 0 Å². The number of benzene rings is 3. The summed E-state index contributed by atoms with van der Waals surface area (Å²) in [6.45, 7) is 3.52. The Hall–Kier alpha value is -2.90.